The van der Waals surface area contributed by atoms with Crippen molar-refractivity contribution in [3.8, 4) is 5.75 Å². The number of ether oxygens (including phenoxy) is 1. The van der Waals surface area contributed by atoms with Crippen LogP contribution in [0, 0.1) is 37.8 Å². The van der Waals surface area contributed by atoms with E-state index in [0.717, 1.165) is 16.7 Å². The summed E-state index contributed by atoms with van der Waals surface area (Å²) in [6, 6.07) is 8.73. The fourth-order valence-corrected chi connectivity index (χ4v) is 2.45. The number of nitro benzene ring substituents is 1. The highest BCUT2D eigenvalue weighted by molar-refractivity contribution is 5.95. The molecule has 0 heterocycles. The van der Waals surface area contributed by atoms with Gasteiger partial charge in [-0.25, -0.2) is 0 Å². The predicted octanol–water partition coefficient (Wildman–Crippen LogP) is 3.85. The Morgan fingerprint density at radius 3 is 2.33 bits per heavy atom. The Morgan fingerprint density at radius 1 is 1.12 bits per heavy atom. The minimum atomic E-state index is -0.507. The largest absolute Gasteiger partial charge is 0.484 e. The van der Waals surface area contributed by atoms with Crippen molar-refractivity contribution < 1.29 is 14.5 Å². The van der Waals surface area contributed by atoms with E-state index < -0.39 is 10.8 Å². The molecule has 0 bridgehead atoms. The SMILES string of the molecule is Cc1cc(C)cc(OCC(=O)Nc2c([N+](=O)[O-])ccc(C)c2C)c1. The van der Waals surface area contributed by atoms with Crippen molar-refractivity contribution in [1.29, 1.82) is 0 Å². The van der Waals surface area contributed by atoms with Crippen molar-refractivity contribution in [1.82, 2.24) is 0 Å². The second-order valence-corrected chi connectivity index (χ2v) is 5.82. The zero-order valence-corrected chi connectivity index (χ0v) is 14.2. The van der Waals surface area contributed by atoms with Crippen molar-refractivity contribution in [2.75, 3.05) is 11.9 Å². The Balaban J connectivity index is 2.12. The fourth-order valence-electron chi connectivity index (χ4n) is 2.45. The quantitative estimate of drug-likeness (QED) is 0.668. The molecule has 0 fully saturated rings. The lowest BCUT2D eigenvalue weighted by Gasteiger charge is -2.12. The van der Waals surface area contributed by atoms with E-state index in [2.05, 4.69) is 5.32 Å². The maximum Gasteiger partial charge on any atom is 0.293 e. The van der Waals surface area contributed by atoms with Crippen LogP contribution in [0.3, 0.4) is 0 Å². The third-order valence-corrected chi connectivity index (χ3v) is 3.74. The third-order valence-electron chi connectivity index (χ3n) is 3.74. The molecule has 2 rings (SSSR count). The summed E-state index contributed by atoms with van der Waals surface area (Å²) >= 11 is 0. The standard InChI is InChI=1S/C18H20N2O4/c1-11-7-12(2)9-15(8-11)24-10-17(21)19-18-14(4)13(3)5-6-16(18)20(22)23/h5-9H,10H2,1-4H3,(H,19,21). The molecule has 126 valence electrons. The van der Waals surface area contributed by atoms with Crippen LogP contribution < -0.4 is 10.1 Å². The number of aryl methyl sites for hydroxylation is 3. The average Bonchev–Trinajstić information content (AvgIpc) is 2.48. The Hall–Kier alpha value is -2.89. The smallest absolute Gasteiger partial charge is 0.293 e. The molecule has 24 heavy (non-hydrogen) atoms. The lowest BCUT2D eigenvalue weighted by Crippen LogP contribution is -2.21. The van der Waals surface area contributed by atoms with Crippen molar-refractivity contribution in [2.24, 2.45) is 0 Å². The Morgan fingerprint density at radius 2 is 1.75 bits per heavy atom. The zero-order chi connectivity index (χ0) is 17.9. The van der Waals surface area contributed by atoms with Crippen molar-refractivity contribution >= 4 is 17.3 Å². The van der Waals surface area contributed by atoms with Crippen LogP contribution in [0.25, 0.3) is 0 Å². The Labute approximate surface area is 140 Å². The van der Waals surface area contributed by atoms with Crippen molar-refractivity contribution in [3.63, 3.8) is 0 Å². The van der Waals surface area contributed by atoms with Gasteiger partial charge in [-0.05, 0) is 62.1 Å². The number of nitrogens with one attached hydrogen (secondary N) is 1. The first-order valence-corrected chi connectivity index (χ1v) is 7.53. The van der Waals surface area contributed by atoms with Crippen LogP contribution in [0.2, 0.25) is 0 Å². The molecule has 0 atom stereocenters. The number of carbonyl (C=O) groups excluding carboxylic acids is 1. The number of nitro groups is 1. The summed E-state index contributed by atoms with van der Waals surface area (Å²) in [6.07, 6.45) is 0. The van der Waals surface area contributed by atoms with Crippen LogP contribution in [0.15, 0.2) is 30.3 Å². The highest BCUT2D eigenvalue weighted by Gasteiger charge is 2.19. The summed E-state index contributed by atoms with van der Waals surface area (Å²) in [5, 5.41) is 13.7. The molecule has 0 aliphatic heterocycles. The first-order chi connectivity index (χ1) is 11.3. The van der Waals surface area contributed by atoms with Gasteiger partial charge in [0.1, 0.15) is 11.4 Å². The molecule has 0 spiro atoms. The molecule has 2 aromatic carbocycles. The number of nitrogens with zero attached hydrogens (tertiary/aromatic N) is 1. The van der Waals surface area contributed by atoms with Gasteiger partial charge in [0, 0.05) is 6.07 Å². The van der Waals surface area contributed by atoms with Gasteiger partial charge in [-0.15, -0.1) is 0 Å². The van der Waals surface area contributed by atoms with Gasteiger partial charge in [0.25, 0.3) is 11.6 Å². The van der Waals surface area contributed by atoms with Gasteiger partial charge in [0.2, 0.25) is 0 Å². The van der Waals surface area contributed by atoms with E-state index in [9.17, 15) is 14.9 Å². The van der Waals surface area contributed by atoms with Crippen LogP contribution in [-0.4, -0.2) is 17.4 Å². The van der Waals surface area contributed by atoms with Gasteiger partial charge in [-0.2, -0.15) is 0 Å². The first kappa shape index (κ1) is 17.5. The van der Waals surface area contributed by atoms with E-state index in [4.69, 9.17) is 4.74 Å². The molecule has 6 heteroatoms. The molecule has 1 N–H and O–H groups in total. The van der Waals surface area contributed by atoms with Crippen molar-refractivity contribution in [2.45, 2.75) is 27.7 Å². The molecule has 2 aromatic rings. The van der Waals surface area contributed by atoms with Gasteiger partial charge in [-0.1, -0.05) is 12.1 Å². The monoisotopic (exact) mass is 328 g/mol. The van der Waals surface area contributed by atoms with E-state index in [-0.39, 0.29) is 18.0 Å². The van der Waals surface area contributed by atoms with Gasteiger partial charge in [0.15, 0.2) is 6.61 Å². The van der Waals surface area contributed by atoms with Gasteiger partial charge < -0.3 is 10.1 Å². The summed E-state index contributed by atoms with van der Waals surface area (Å²) in [5.74, 6) is 0.157. The third kappa shape index (κ3) is 4.10. The molecule has 1 amide bonds. The van der Waals surface area contributed by atoms with E-state index in [1.54, 1.807) is 13.0 Å². The van der Waals surface area contributed by atoms with Crippen LogP contribution in [0.1, 0.15) is 22.3 Å². The summed E-state index contributed by atoms with van der Waals surface area (Å²) in [5.41, 5.74) is 3.70. The number of hydrogen-bond acceptors (Lipinski definition) is 4. The summed E-state index contributed by atoms with van der Waals surface area (Å²) in [7, 11) is 0. The Bertz CT molecular complexity index is 780. The molecular weight excluding hydrogens is 308 g/mol. The maximum absolute atomic E-state index is 12.1. The summed E-state index contributed by atoms with van der Waals surface area (Å²) in [6.45, 7) is 7.25. The molecule has 0 aliphatic carbocycles. The maximum atomic E-state index is 12.1. The van der Waals surface area contributed by atoms with E-state index in [1.807, 2.05) is 39.0 Å². The number of hydrogen-bond donors (Lipinski definition) is 1. The van der Waals surface area contributed by atoms with Gasteiger partial charge in [0.05, 0.1) is 4.92 Å². The number of carbonyl (C=O) groups is 1. The summed E-state index contributed by atoms with van der Waals surface area (Å²) < 4.78 is 5.49. The second-order valence-electron chi connectivity index (χ2n) is 5.82. The first-order valence-electron chi connectivity index (χ1n) is 7.53. The lowest BCUT2D eigenvalue weighted by atomic mass is 10.1. The molecule has 0 saturated heterocycles. The molecule has 0 unspecified atom stereocenters. The second kappa shape index (κ2) is 7.12. The number of amides is 1. The van der Waals surface area contributed by atoms with Crippen LogP contribution in [0.5, 0.6) is 5.75 Å². The van der Waals surface area contributed by atoms with Crippen molar-refractivity contribution in [3.05, 3.63) is 62.7 Å². The highest BCUT2D eigenvalue weighted by atomic mass is 16.6. The van der Waals surface area contributed by atoms with Gasteiger partial charge >= 0.3 is 0 Å². The normalized spacial score (nSPS) is 10.3. The van der Waals surface area contributed by atoms with Crippen LogP contribution in [-0.2, 0) is 4.79 Å². The molecule has 0 aromatic heterocycles. The van der Waals surface area contributed by atoms with E-state index >= 15 is 0 Å². The highest BCUT2D eigenvalue weighted by Crippen LogP contribution is 2.30. The minimum Gasteiger partial charge on any atom is -0.484 e. The molecule has 0 saturated carbocycles. The number of benzene rings is 2. The lowest BCUT2D eigenvalue weighted by molar-refractivity contribution is -0.384. The van der Waals surface area contributed by atoms with E-state index in [1.165, 1.54) is 6.07 Å². The zero-order valence-electron chi connectivity index (χ0n) is 14.2. The van der Waals surface area contributed by atoms with Crippen LogP contribution in [0.4, 0.5) is 11.4 Å². The average molecular weight is 328 g/mol. The topological polar surface area (TPSA) is 81.5 Å². The number of anilines is 1. The Kier molecular flexibility index (Phi) is 5.18. The molecule has 0 aliphatic rings. The minimum absolute atomic E-state index is 0.127. The molecular formula is C18H20N2O4. The summed E-state index contributed by atoms with van der Waals surface area (Å²) in [4.78, 5) is 22.8. The van der Waals surface area contributed by atoms with Gasteiger partial charge in [-0.3, -0.25) is 14.9 Å². The van der Waals surface area contributed by atoms with E-state index in [0.29, 0.717) is 11.3 Å². The van der Waals surface area contributed by atoms with Crippen LogP contribution >= 0.6 is 0 Å². The fraction of sp³-hybridized carbons (Fsp3) is 0.278. The number of rotatable bonds is 5. The predicted molar refractivity (Wildman–Crippen MR) is 92.6 cm³/mol. The molecule has 0 radical (unpaired) electrons. The molecule has 6 nitrogen and oxygen atoms in total.